The molecule has 24 heavy (non-hydrogen) atoms. The quantitative estimate of drug-likeness (QED) is 0.218. The van der Waals surface area contributed by atoms with Crippen molar-refractivity contribution in [3.05, 3.63) is 5.21 Å². The molecule has 0 heterocycles. The molecule has 0 aliphatic carbocycles. The first-order valence-electron chi connectivity index (χ1n) is 9.86. The Balaban J connectivity index is 0. The first-order valence-corrected chi connectivity index (χ1v) is 9.86. The smallest absolute Gasteiger partial charge is 0.307 e. The summed E-state index contributed by atoms with van der Waals surface area (Å²) in [5.41, 5.74) is 5.56. The number of hydrogen-bond acceptors (Lipinski definition) is 4. The van der Waals surface area contributed by atoms with Gasteiger partial charge in [-0.2, -0.15) is 0 Å². The van der Waals surface area contributed by atoms with Gasteiger partial charge in [0.2, 0.25) is 0 Å². The Labute approximate surface area is 149 Å². The van der Waals surface area contributed by atoms with Crippen molar-refractivity contribution in [1.29, 1.82) is 0 Å². The van der Waals surface area contributed by atoms with Gasteiger partial charge in [-0.05, 0) is 12.8 Å². The van der Waals surface area contributed by atoms with E-state index in [4.69, 9.17) is 10.5 Å². The second-order valence-corrected chi connectivity index (χ2v) is 6.63. The molecule has 5 nitrogen and oxygen atoms in total. The van der Waals surface area contributed by atoms with Gasteiger partial charge in [0.05, 0.1) is 14.1 Å². The summed E-state index contributed by atoms with van der Waals surface area (Å²) >= 11 is 0. The number of nitrogens with one attached hydrogen (secondary N) is 1. The number of carbonyl (C=O) groups excluding carboxylic acids is 1. The van der Waals surface area contributed by atoms with E-state index in [-0.39, 0.29) is 11.0 Å². The highest BCUT2D eigenvalue weighted by Gasteiger charge is 2.06. The first-order chi connectivity index (χ1) is 11.4. The number of quaternary nitrogens is 1. The zero-order valence-electron chi connectivity index (χ0n) is 16.6. The van der Waals surface area contributed by atoms with Crippen LogP contribution in [0, 0.1) is 5.21 Å². The highest BCUT2D eigenvalue weighted by Crippen LogP contribution is 2.12. The van der Waals surface area contributed by atoms with Gasteiger partial charge in [-0.1, -0.05) is 78.1 Å². The molecule has 0 radical (unpaired) electrons. The van der Waals surface area contributed by atoms with Crippen LogP contribution in [0.25, 0.3) is 0 Å². The molecule has 0 amide bonds. The predicted octanol–water partition coefficient (Wildman–Crippen LogP) is 3.55. The first kappa shape index (κ1) is 25.6. The van der Waals surface area contributed by atoms with Crippen LogP contribution >= 0.6 is 0 Å². The normalized spacial score (nSPS) is 11.8. The largest absolute Gasteiger partial charge is 0.635 e. The van der Waals surface area contributed by atoms with Gasteiger partial charge in [0.25, 0.3) is 0 Å². The van der Waals surface area contributed by atoms with Gasteiger partial charge < -0.3 is 15.0 Å². The molecule has 0 aromatic heterocycles. The Kier molecular flexibility index (Phi) is 21.7. The molecule has 0 fully saturated rings. The van der Waals surface area contributed by atoms with Crippen molar-refractivity contribution in [2.75, 3.05) is 14.1 Å². The summed E-state index contributed by atoms with van der Waals surface area (Å²) in [5, 5.41) is 9.61. The molecule has 5 heteroatoms. The third kappa shape index (κ3) is 26.3. The Hall–Kier alpha value is -0.650. The minimum Gasteiger partial charge on any atom is -0.635 e. The average molecular weight is 347 g/mol. The molecule has 0 aliphatic heterocycles. The molecule has 0 aliphatic rings. The van der Waals surface area contributed by atoms with Gasteiger partial charge in [-0.3, -0.25) is 10.5 Å². The van der Waals surface area contributed by atoms with Gasteiger partial charge in [0.1, 0.15) is 0 Å². The Morgan fingerprint density at radius 3 is 1.67 bits per heavy atom. The Bertz CT molecular complexity index is 258. The van der Waals surface area contributed by atoms with E-state index in [1.165, 1.54) is 71.9 Å². The monoisotopic (exact) mass is 346 g/mol. The highest BCUT2D eigenvalue weighted by atomic mass is 16.6. The van der Waals surface area contributed by atoms with E-state index in [9.17, 15) is 10.0 Å². The van der Waals surface area contributed by atoms with Crippen LogP contribution in [-0.2, 0) is 9.53 Å². The van der Waals surface area contributed by atoms with Crippen LogP contribution in [0.2, 0.25) is 0 Å². The van der Waals surface area contributed by atoms with Gasteiger partial charge in [0, 0.05) is 6.42 Å². The van der Waals surface area contributed by atoms with Crippen LogP contribution in [0.5, 0.6) is 0 Å². The fourth-order valence-corrected chi connectivity index (χ4v) is 2.24. The lowest BCUT2D eigenvalue weighted by molar-refractivity contribution is -0.802. The van der Waals surface area contributed by atoms with Crippen molar-refractivity contribution in [3.63, 3.8) is 0 Å². The zero-order valence-corrected chi connectivity index (χ0v) is 16.6. The van der Waals surface area contributed by atoms with Crippen molar-refractivity contribution in [1.82, 2.24) is 0 Å². The molecule has 146 valence electrons. The maximum atomic E-state index is 11.4. The number of ether oxygens (including phenoxy) is 1. The molecule has 3 N–H and O–H groups in total. The van der Waals surface area contributed by atoms with Crippen LogP contribution in [0.4, 0.5) is 0 Å². The topological polar surface area (TPSA) is 79.8 Å². The van der Waals surface area contributed by atoms with E-state index in [2.05, 4.69) is 6.92 Å². The van der Waals surface area contributed by atoms with Gasteiger partial charge in [0.15, 0.2) is 6.23 Å². The summed E-state index contributed by atoms with van der Waals surface area (Å²) < 4.78 is 5.03. The van der Waals surface area contributed by atoms with Crippen molar-refractivity contribution >= 4 is 5.97 Å². The number of nitrogens with two attached hydrogens (primary N) is 1. The summed E-state index contributed by atoms with van der Waals surface area (Å²) in [6.45, 7) is 4.17. The second kappa shape index (κ2) is 20.4. The second-order valence-electron chi connectivity index (χ2n) is 6.63. The minimum atomic E-state index is -0.421. The molecule has 1 atom stereocenters. The number of unbranched alkanes of at least 4 members (excludes halogenated alkanes) is 10. The third-order valence-corrected chi connectivity index (χ3v) is 3.67. The minimum absolute atomic E-state index is 0.143. The van der Waals surface area contributed by atoms with Gasteiger partial charge >= 0.3 is 5.97 Å². The molecule has 0 rings (SSSR count). The van der Waals surface area contributed by atoms with Crippen LogP contribution in [0.15, 0.2) is 0 Å². The van der Waals surface area contributed by atoms with Crippen LogP contribution < -0.4 is 10.8 Å². The van der Waals surface area contributed by atoms with E-state index in [1.807, 2.05) is 6.92 Å². The van der Waals surface area contributed by atoms with E-state index in [0.29, 0.717) is 12.8 Å². The van der Waals surface area contributed by atoms with E-state index in [0.717, 1.165) is 12.8 Å². The molecule has 1 unspecified atom stereocenters. The Morgan fingerprint density at radius 1 is 0.917 bits per heavy atom. The summed E-state index contributed by atoms with van der Waals surface area (Å²) in [4.78, 5) is 11.4. The Morgan fingerprint density at radius 2 is 1.29 bits per heavy atom. The SMILES string of the molecule is CCCCCCCCCCCCCC(=O)OC(N)CC.C[NH+](C)[O-]. The number of hydroxylamine groups is 2. The summed E-state index contributed by atoms with van der Waals surface area (Å²) in [5.74, 6) is -0.143. The molecule has 0 aromatic carbocycles. The fourth-order valence-electron chi connectivity index (χ4n) is 2.24. The maximum Gasteiger partial charge on any atom is 0.307 e. The fraction of sp³-hybridized carbons (Fsp3) is 0.947. The lowest BCUT2D eigenvalue weighted by Gasteiger charge is -2.10. The van der Waals surface area contributed by atoms with Gasteiger partial charge in [-0.25, -0.2) is 0 Å². The number of rotatable bonds is 14. The molecular formula is C19H42N2O3. The van der Waals surface area contributed by atoms with Gasteiger partial charge in [-0.15, -0.1) is 0 Å². The molecule has 0 saturated carbocycles. The number of esters is 1. The predicted molar refractivity (Wildman–Crippen MR) is 102 cm³/mol. The molecule has 0 aromatic rings. The molecule has 0 spiro atoms. The summed E-state index contributed by atoms with van der Waals surface area (Å²) in [7, 11) is 3.06. The standard InChI is InChI=1S/C17H35NO2.C2H7NO/c1-3-5-6-7-8-9-10-11-12-13-14-15-17(19)20-16(18)4-2;1-3(2)4/h16H,3-15,18H2,1-2H3;3H,1-2H3. The maximum absolute atomic E-state index is 11.4. The highest BCUT2D eigenvalue weighted by molar-refractivity contribution is 5.69. The molecule has 0 saturated heterocycles. The summed E-state index contributed by atoms with van der Waals surface area (Å²) in [6.07, 6.45) is 15.0. The number of hydrogen-bond donors (Lipinski definition) is 2. The van der Waals surface area contributed by atoms with E-state index in [1.54, 1.807) is 0 Å². The average Bonchev–Trinajstić information content (AvgIpc) is 2.52. The third-order valence-electron chi connectivity index (χ3n) is 3.67. The number of carbonyl (C=O) groups is 1. The lowest BCUT2D eigenvalue weighted by Crippen LogP contribution is -3.00. The van der Waals surface area contributed by atoms with Crippen molar-refractivity contribution < 1.29 is 14.6 Å². The van der Waals surface area contributed by atoms with Crippen LogP contribution in [-0.4, -0.2) is 26.3 Å². The van der Waals surface area contributed by atoms with E-state index < -0.39 is 6.23 Å². The molecular weight excluding hydrogens is 304 g/mol. The summed E-state index contributed by atoms with van der Waals surface area (Å²) in [6, 6.07) is 0. The lowest BCUT2D eigenvalue weighted by atomic mass is 10.1. The van der Waals surface area contributed by atoms with Crippen LogP contribution in [0.3, 0.4) is 0 Å². The van der Waals surface area contributed by atoms with Crippen molar-refractivity contribution in [2.24, 2.45) is 5.73 Å². The molecule has 0 bridgehead atoms. The van der Waals surface area contributed by atoms with E-state index >= 15 is 0 Å². The zero-order chi connectivity index (χ0) is 18.6. The van der Waals surface area contributed by atoms with Crippen LogP contribution in [0.1, 0.15) is 97.3 Å². The van der Waals surface area contributed by atoms with Crippen molar-refractivity contribution in [3.8, 4) is 0 Å². The van der Waals surface area contributed by atoms with Crippen molar-refractivity contribution in [2.45, 2.75) is 104 Å².